The van der Waals surface area contributed by atoms with E-state index in [1.54, 1.807) is 0 Å². The van der Waals surface area contributed by atoms with E-state index in [0.717, 1.165) is 12.2 Å². The number of hydrogen-bond acceptors (Lipinski definition) is 2. The second-order valence-corrected chi connectivity index (χ2v) is 5.86. The molecule has 16 heavy (non-hydrogen) atoms. The highest BCUT2D eigenvalue weighted by molar-refractivity contribution is 5.09. The van der Waals surface area contributed by atoms with Gasteiger partial charge in [-0.05, 0) is 19.4 Å². The second kappa shape index (κ2) is 4.58. The van der Waals surface area contributed by atoms with Gasteiger partial charge in [0, 0.05) is 29.8 Å². The van der Waals surface area contributed by atoms with Crippen molar-refractivity contribution in [2.75, 3.05) is 6.54 Å². The van der Waals surface area contributed by atoms with Crippen LogP contribution in [0.25, 0.3) is 0 Å². The molecule has 0 radical (unpaired) electrons. The largest absolute Gasteiger partial charge is 0.345 e. The van der Waals surface area contributed by atoms with Gasteiger partial charge < -0.3 is 10.3 Å². The first-order valence-corrected chi connectivity index (χ1v) is 6.33. The molecule has 3 nitrogen and oxygen atoms in total. The minimum Gasteiger partial charge on any atom is -0.345 e. The van der Waals surface area contributed by atoms with E-state index in [1.165, 1.54) is 31.5 Å². The molecule has 0 spiro atoms. The highest BCUT2D eigenvalue weighted by atomic mass is 15.0. The Balaban J connectivity index is 1.97. The summed E-state index contributed by atoms with van der Waals surface area (Å²) in [4.78, 5) is 7.92. The summed E-state index contributed by atoms with van der Waals surface area (Å²) in [5, 5.41) is 3.57. The topological polar surface area (TPSA) is 40.7 Å². The third kappa shape index (κ3) is 2.85. The Kier molecular flexibility index (Phi) is 3.33. The average Bonchev–Trinajstić information content (AvgIpc) is 2.67. The summed E-state index contributed by atoms with van der Waals surface area (Å²) in [6, 6.07) is 0.641. The standard InChI is InChI=1S/C13H23N3/c1-13(2,3)12-15-9-11(16-12)8-10-6-4-5-7-14-10/h9-10,14H,4-8H2,1-3H3,(H,15,16). The first-order valence-electron chi connectivity index (χ1n) is 6.33. The van der Waals surface area contributed by atoms with Crippen molar-refractivity contribution < 1.29 is 0 Å². The summed E-state index contributed by atoms with van der Waals surface area (Å²) >= 11 is 0. The van der Waals surface area contributed by atoms with Crippen LogP contribution in [0.3, 0.4) is 0 Å². The van der Waals surface area contributed by atoms with Gasteiger partial charge in [0.05, 0.1) is 0 Å². The maximum Gasteiger partial charge on any atom is 0.111 e. The smallest absolute Gasteiger partial charge is 0.111 e. The van der Waals surface area contributed by atoms with Crippen molar-refractivity contribution in [3.8, 4) is 0 Å². The number of rotatable bonds is 2. The Morgan fingerprint density at radius 2 is 2.19 bits per heavy atom. The highest BCUT2D eigenvalue weighted by Gasteiger charge is 2.19. The van der Waals surface area contributed by atoms with Crippen LogP contribution in [-0.4, -0.2) is 22.6 Å². The molecule has 2 heterocycles. The third-order valence-electron chi connectivity index (χ3n) is 3.22. The van der Waals surface area contributed by atoms with Gasteiger partial charge in [-0.1, -0.05) is 27.2 Å². The quantitative estimate of drug-likeness (QED) is 0.805. The molecular formula is C13H23N3. The Morgan fingerprint density at radius 1 is 1.38 bits per heavy atom. The molecule has 90 valence electrons. The first kappa shape index (κ1) is 11.6. The Bertz CT molecular complexity index is 329. The van der Waals surface area contributed by atoms with Crippen LogP contribution in [0.4, 0.5) is 0 Å². The van der Waals surface area contributed by atoms with Crippen molar-refractivity contribution in [3.63, 3.8) is 0 Å². The molecule has 2 rings (SSSR count). The van der Waals surface area contributed by atoms with E-state index in [2.05, 4.69) is 36.1 Å². The lowest BCUT2D eigenvalue weighted by Crippen LogP contribution is -2.35. The summed E-state index contributed by atoms with van der Waals surface area (Å²) in [5.41, 5.74) is 1.39. The van der Waals surface area contributed by atoms with Gasteiger partial charge in [0.2, 0.25) is 0 Å². The van der Waals surface area contributed by atoms with Crippen LogP contribution in [0, 0.1) is 0 Å². The number of piperidine rings is 1. The molecule has 2 N–H and O–H groups in total. The zero-order valence-electron chi connectivity index (χ0n) is 10.6. The van der Waals surface area contributed by atoms with E-state index in [9.17, 15) is 0 Å². The van der Waals surface area contributed by atoms with Crippen molar-refractivity contribution in [3.05, 3.63) is 17.7 Å². The highest BCUT2D eigenvalue weighted by Crippen LogP contribution is 2.19. The summed E-state index contributed by atoms with van der Waals surface area (Å²) in [6.45, 7) is 7.74. The molecule has 0 bridgehead atoms. The molecule has 1 saturated heterocycles. The molecule has 3 heteroatoms. The molecule has 0 saturated carbocycles. The van der Waals surface area contributed by atoms with E-state index < -0.39 is 0 Å². The van der Waals surface area contributed by atoms with Crippen molar-refractivity contribution in [2.45, 2.75) is 57.9 Å². The maximum atomic E-state index is 4.47. The first-order chi connectivity index (χ1) is 7.55. The minimum atomic E-state index is 0.123. The van der Waals surface area contributed by atoms with Crippen LogP contribution in [0.5, 0.6) is 0 Å². The molecule has 1 atom stereocenters. The maximum absolute atomic E-state index is 4.47. The third-order valence-corrected chi connectivity index (χ3v) is 3.22. The molecule has 1 aliphatic heterocycles. The van der Waals surface area contributed by atoms with Crippen molar-refractivity contribution in [1.29, 1.82) is 0 Å². The number of nitrogens with zero attached hydrogens (tertiary/aromatic N) is 1. The van der Waals surface area contributed by atoms with Gasteiger partial charge in [0.15, 0.2) is 0 Å². The zero-order chi connectivity index (χ0) is 11.6. The van der Waals surface area contributed by atoms with Crippen LogP contribution in [0.15, 0.2) is 6.20 Å². The van der Waals surface area contributed by atoms with Crippen LogP contribution in [0.2, 0.25) is 0 Å². The van der Waals surface area contributed by atoms with Crippen molar-refractivity contribution in [2.24, 2.45) is 0 Å². The SMILES string of the molecule is CC(C)(C)c1ncc(CC2CCCCN2)[nH]1. The van der Waals surface area contributed by atoms with Gasteiger partial charge in [-0.3, -0.25) is 0 Å². The minimum absolute atomic E-state index is 0.123. The van der Waals surface area contributed by atoms with E-state index in [-0.39, 0.29) is 5.41 Å². The fourth-order valence-electron chi connectivity index (χ4n) is 2.21. The Labute approximate surface area is 98.1 Å². The molecule has 1 unspecified atom stereocenters. The van der Waals surface area contributed by atoms with Gasteiger partial charge in [0.1, 0.15) is 5.82 Å². The average molecular weight is 221 g/mol. The Morgan fingerprint density at radius 3 is 2.75 bits per heavy atom. The van der Waals surface area contributed by atoms with Crippen molar-refractivity contribution in [1.82, 2.24) is 15.3 Å². The summed E-state index contributed by atoms with van der Waals surface area (Å²) in [5.74, 6) is 1.10. The van der Waals surface area contributed by atoms with Gasteiger partial charge >= 0.3 is 0 Å². The van der Waals surface area contributed by atoms with Crippen LogP contribution in [0.1, 0.15) is 51.6 Å². The lowest BCUT2D eigenvalue weighted by molar-refractivity contribution is 0.397. The van der Waals surface area contributed by atoms with E-state index in [0.29, 0.717) is 6.04 Å². The lowest BCUT2D eigenvalue weighted by atomic mass is 9.96. The number of imidazole rings is 1. The Hall–Kier alpha value is -0.830. The predicted octanol–water partition coefficient (Wildman–Crippen LogP) is 2.39. The number of aromatic nitrogens is 2. The van der Waals surface area contributed by atoms with E-state index in [1.807, 2.05) is 6.20 Å². The van der Waals surface area contributed by atoms with Gasteiger partial charge in [-0.25, -0.2) is 4.98 Å². The molecule has 1 fully saturated rings. The van der Waals surface area contributed by atoms with Crippen LogP contribution >= 0.6 is 0 Å². The molecule has 0 amide bonds. The monoisotopic (exact) mass is 221 g/mol. The van der Waals surface area contributed by atoms with Gasteiger partial charge in [-0.15, -0.1) is 0 Å². The molecule has 0 aromatic carbocycles. The van der Waals surface area contributed by atoms with Gasteiger partial charge in [-0.2, -0.15) is 0 Å². The molecule has 1 aromatic heterocycles. The summed E-state index contributed by atoms with van der Waals surface area (Å²) in [7, 11) is 0. The zero-order valence-corrected chi connectivity index (χ0v) is 10.6. The van der Waals surface area contributed by atoms with E-state index in [4.69, 9.17) is 0 Å². The molecule has 0 aliphatic carbocycles. The normalized spacial score (nSPS) is 22.3. The number of hydrogen-bond donors (Lipinski definition) is 2. The van der Waals surface area contributed by atoms with Crippen molar-refractivity contribution >= 4 is 0 Å². The van der Waals surface area contributed by atoms with Gasteiger partial charge in [0.25, 0.3) is 0 Å². The van der Waals surface area contributed by atoms with E-state index >= 15 is 0 Å². The fourth-order valence-corrected chi connectivity index (χ4v) is 2.21. The van der Waals surface area contributed by atoms with Crippen LogP contribution in [-0.2, 0) is 11.8 Å². The second-order valence-electron chi connectivity index (χ2n) is 5.86. The number of aromatic amines is 1. The lowest BCUT2D eigenvalue weighted by Gasteiger charge is -2.22. The summed E-state index contributed by atoms with van der Waals surface area (Å²) in [6.07, 6.45) is 7.06. The number of nitrogens with one attached hydrogen (secondary N) is 2. The summed E-state index contributed by atoms with van der Waals surface area (Å²) < 4.78 is 0. The molecule has 1 aromatic rings. The fraction of sp³-hybridized carbons (Fsp3) is 0.769. The number of H-pyrrole nitrogens is 1. The van der Waals surface area contributed by atoms with Crippen LogP contribution < -0.4 is 5.32 Å². The molecular weight excluding hydrogens is 198 g/mol. The molecule has 1 aliphatic rings. The predicted molar refractivity (Wildman–Crippen MR) is 66.6 cm³/mol.